The number of fused-ring (bicyclic) bond motifs is 1. The Balaban J connectivity index is 1.46. The maximum atomic E-state index is 12.1. The van der Waals surface area contributed by atoms with Crippen LogP contribution in [0.2, 0.25) is 0 Å². The SMILES string of the molecule is O=C(CCCn1c(=O)oc2ccccc21)NCc1ccc(OC(F)F)cc1. The Kier molecular flexibility index (Phi) is 5.85. The molecule has 0 aliphatic rings. The maximum absolute atomic E-state index is 12.1. The maximum Gasteiger partial charge on any atom is 0.419 e. The second-order valence-electron chi connectivity index (χ2n) is 5.89. The fourth-order valence-electron chi connectivity index (χ4n) is 2.70. The van der Waals surface area contributed by atoms with Crippen molar-refractivity contribution in [3.05, 3.63) is 64.6 Å². The quantitative estimate of drug-likeness (QED) is 0.655. The summed E-state index contributed by atoms with van der Waals surface area (Å²) in [6.45, 7) is -2.21. The third kappa shape index (κ3) is 4.93. The number of nitrogens with one attached hydrogen (secondary N) is 1. The van der Waals surface area contributed by atoms with Crippen LogP contribution in [-0.2, 0) is 17.9 Å². The highest BCUT2D eigenvalue weighted by Crippen LogP contribution is 2.15. The van der Waals surface area contributed by atoms with Crippen LogP contribution < -0.4 is 15.8 Å². The lowest BCUT2D eigenvalue weighted by atomic mass is 10.2. The third-order valence-corrected chi connectivity index (χ3v) is 4.00. The third-order valence-electron chi connectivity index (χ3n) is 4.00. The Hall–Kier alpha value is -3.16. The van der Waals surface area contributed by atoms with Crippen LogP contribution >= 0.6 is 0 Å². The molecule has 27 heavy (non-hydrogen) atoms. The van der Waals surface area contributed by atoms with Crippen molar-refractivity contribution in [2.24, 2.45) is 0 Å². The van der Waals surface area contributed by atoms with Crippen LogP contribution in [0.15, 0.2) is 57.7 Å². The first-order valence-electron chi connectivity index (χ1n) is 8.42. The minimum Gasteiger partial charge on any atom is -0.435 e. The number of ether oxygens (including phenoxy) is 1. The Bertz CT molecular complexity index is 964. The molecule has 6 nitrogen and oxygen atoms in total. The van der Waals surface area contributed by atoms with Crippen LogP contribution in [0.4, 0.5) is 8.78 Å². The Labute approximate surface area is 153 Å². The fourth-order valence-corrected chi connectivity index (χ4v) is 2.70. The van der Waals surface area contributed by atoms with Gasteiger partial charge in [-0.3, -0.25) is 9.36 Å². The molecule has 1 heterocycles. The van der Waals surface area contributed by atoms with Crippen molar-refractivity contribution in [1.82, 2.24) is 9.88 Å². The molecular formula is C19H18F2N2O4. The van der Waals surface area contributed by atoms with E-state index in [2.05, 4.69) is 10.1 Å². The van der Waals surface area contributed by atoms with Gasteiger partial charge in [0.1, 0.15) is 5.75 Å². The number of amides is 1. The summed E-state index contributed by atoms with van der Waals surface area (Å²) in [4.78, 5) is 23.8. The molecule has 0 fully saturated rings. The second-order valence-corrected chi connectivity index (χ2v) is 5.89. The lowest BCUT2D eigenvalue weighted by Gasteiger charge is -2.08. The van der Waals surface area contributed by atoms with Gasteiger partial charge in [0.25, 0.3) is 0 Å². The minimum absolute atomic E-state index is 0.0675. The highest BCUT2D eigenvalue weighted by Gasteiger charge is 2.09. The molecule has 0 aliphatic carbocycles. The summed E-state index contributed by atoms with van der Waals surface area (Å²) < 4.78 is 35.1. The molecule has 0 bridgehead atoms. The molecule has 1 aromatic heterocycles. The van der Waals surface area contributed by atoms with E-state index in [0.29, 0.717) is 24.1 Å². The first-order chi connectivity index (χ1) is 13.0. The lowest BCUT2D eigenvalue weighted by molar-refractivity contribution is -0.121. The highest BCUT2D eigenvalue weighted by molar-refractivity contribution is 5.76. The number of carbonyl (C=O) groups excluding carboxylic acids is 1. The Morgan fingerprint density at radius 3 is 2.63 bits per heavy atom. The standard InChI is InChI=1S/C19H18F2N2O4/c20-18(21)26-14-9-7-13(8-10-14)12-22-17(24)6-3-11-23-15-4-1-2-5-16(15)27-19(23)25/h1-2,4-5,7-10,18H,3,6,11-12H2,(H,22,24). The number of aromatic nitrogens is 1. The summed E-state index contributed by atoms with van der Waals surface area (Å²) in [6, 6.07) is 13.2. The molecule has 0 radical (unpaired) electrons. The van der Waals surface area contributed by atoms with Gasteiger partial charge >= 0.3 is 12.4 Å². The summed E-state index contributed by atoms with van der Waals surface area (Å²) in [5.41, 5.74) is 1.99. The van der Waals surface area contributed by atoms with Crippen LogP contribution in [0, 0.1) is 0 Å². The van der Waals surface area contributed by atoms with Crippen molar-refractivity contribution in [2.75, 3.05) is 0 Å². The molecular weight excluding hydrogens is 358 g/mol. The average molecular weight is 376 g/mol. The van der Waals surface area contributed by atoms with Crippen molar-refractivity contribution >= 4 is 17.0 Å². The minimum atomic E-state index is -2.87. The van der Waals surface area contributed by atoms with Gasteiger partial charge in [-0.2, -0.15) is 8.78 Å². The average Bonchev–Trinajstić information content (AvgIpc) is 2.96. The van der Waals surface area contributed by atoms with Crippen molar-refractivity contribution in [1.29, 1.82) is 0 Å². The Morgan fingerprint density at radius 2 is 1.89 bits per heavy atom. The van der Waals surface area contributed by atoms with Crippen LogP contribution in [0.5, 0.6) is 5.75 Å². The molecule has 3 aromatic rings. The molecule has 0 spiro atoms. The van der Waals surface area contributed by atoms with Gasteiger partial charge in [0, 0.05) is 19.5 Å². The van der Waals surface area contributed by atoms with Gasteiger partial charge in [-0.05, 0) is 36.2 Å². The van der Waals surface area contributed by atoms with E-state index in [0.717, 1.165) is 5.56 Å². The molecule has 0 unspecified atom stereocenters. The topological polar surface area (TPSA) is 73.5 Å². The molecule has 0 atom stereocenters. The molecule has 0 aliphatic heterocycles. The number of benzene rings is 2. The second kappa shape index (κ2) is 8.48. The number of oxazole rings is 1. The summed E-state index contributed by atoms with van der Waals surface area (Å²) >= 11 is 0. The summed E-state index contributed by atoms with van der Waals surface area (Å²) in [7, 11) is 0. The van der Waals surface area contributed by atoms with Crippen molar-refractivity contribution in [2.45, 2.75) is 32.5 Å². The van der Waals surface area contributed by atoms with Crippen LogP contribution in [-0.4, -0.2) is 17.1 Å². The number of para-hydroxylation sites is 2. The molecule has 1 N–H and O–H groups in total. The molecule has 3 rings (SSSR count). The summed E-state index contributed by atoms with van der Waals surface area (Å²) in [6.07, 6.45) is 0.731. The van der Waals surface area contributed by atoms with E-state index in [1.54, 1.807) is 30.3 Å². The number of aryl methyl sites for hydroxylation is 1. The van der Waals surface area contributed by atoms with E-state index in [9.17, 15) is 18.4 Å². The smallest absolute Gasteiger partial charge is 0.419 e. The first kappa shape index (κ1) is 18.6. The van der Waals surface area contributed by atoms with E-state index in [1.165, 1.54) is 16.7 Å². The number of nitrogens with zero attached hydrogens (tertiary/aromatic N) is 1. The number of hydrogen-bond acceptors (Lipinski definition) is 4. The lowest BCUT2D eigenvalue weighted by Crippen LogP contribution is -2.23. The first-order valence-corrected chi connectivity index (χ1v) is 8.42. The zero-order chi connectivity index (χ0) is 19.2. The fraction of sp³-hybridized carbons (Fsp3) is 0.263. The van der Waals surface area contributed by atoms with E-state index < -0.39 is 12.4 Å². The largest absolute Gasteiger partial charge is 0.435 e. The number of rotatable bonds is 8. The van der Waals surface area contributed by atoms with Gasteiger partial charge in [-0.1, -0.05) is 24.3 Å². The van der Waals surface area contributed by atoms with Gasteiger partial charge in [0.2, 0.25) is 5.91 Å². The van der Waals surface area contributed by atoms with Gasteiger partial charge in [0.05, 0.1) is 5.52 Å². The molecule has 142 valence electrons. The van der Waals surface area contributed by atoms with E-state index in [1.807, 2.05) is 6.07 Å². The van der Waals surface area contributed by atoms with E-state index in [-0.39, 0.29) is 24.6 Å². The highest BCUT2D eigenvalue weighted by atomic mass is 19.3. The van der Waals surface area contributed by atoms with E-state index in [4.69, 9.17) is 4.42 Å². The number of alkyl halides is 2. The monoisotopic (exact) mass is 376 g/mol. The normalized spacial score (nSPS) is 11.1. The Morgan fingerprint density at radius 1 is 1.15 bits per heavy atom. The summed E-state index contributed by atoms with van der Waals surface area (Å²) in [5, 5.41) is 2.75. The van der Waals surface area contributed by atoms with Gasteiger partial charge < -0.3 is 14.5 Å². The predicted molar refractivity (Wildman–Crippen MR) is 94.6 cm³/mol. The summed E-state index contributed by atoms with van der Waals surface area (Å²) in [5.74, 6) is -0.538. The van der Waals surface area contributed by atoms with Crippen molar-refractivity contribution < 1.29 is 22.7 Å². The molecule has 1 amide bonds. The number of halogens is 2. The zero-order valence-electron chi connectivity index (χ0n) is 14.4. The van der Waals surface area contributed by atoms with Crippen LogP contribution in [0.1, 0.15) is 18.4 Å². The van der Waals surface area contributed by atoms with E-state index >= 15 is 0 Å². The number of hydrogen-bond donors (Lipinski definition) is 1. The van der Waals surface area contributed by atoms with Gasteiger partial charge in [-0.25, -0.2) is 4.79 Å². The molecule has 8 heteroatoms. The molecule has 2 aromatic carbocycles. The zero-order valence-corrected chi connectivity index (χ0v) is 14.4. The van der Waals surface area contributed by atoms with Gasteiger partial charge in [-0.15, -0.1) is 0 Å². The van der Waals surface area contributed by atoms with Crippen LogP contribution in [0.25, 0.3) is 11.1 Å². The number of carbonyl (C=O) groups is 1. The molecule has 0 saturated carbocycles. The van der Waals surface area contributed by atoms with Crippen molar-refractivity contribution in [3.63, 3.8) is 0 Å². The van der Waals surface area contributed by atoms with Crippen molar-refractivity contribution in [3.8, 4) is 5.75 Å². The van der Waals surface area contributed by atoms with Crippen LogP contribution in [0.3, 0.4) is 0 Å². The predicted octanol–water partition coefficient (Wildman–Crippen LogP) is 3.29. The molecule has 0 saturated heterocycles. The van der Waals surface area contributed by atoms with Gasteiger partial charge in [0.15, 0.2) is 5.58 Å².